The van der Waals surface area contributed by atoms with Crippen molar-refractivity contribution < 1.29 is 4.52 Å². The van der Waals surface area contributed by atoms with Crippen LogP contribution in [-0.4, -0.2) is 5.16 Å². The van der Waals surface area contributed by atoms with Crippen molar-refractivity contribution in [2.45, 2.75) is 39.0 Å². The Morgan fingerprint density at radius 1 is 1.11 bits per heavy atom. The summed E-state index contributed by atoms with van der Waals surface area (Å²) in [6.45, 7) is 2.20. The molecule has 0 aliphatic rings. The van der Waals surface area contributed by atoms with Crippen LogP contribution < -0.4 is 0 Å². The van der Waals surface area contributed by atoms with Crippen LogP contribution in [0.1, 0.15) is 38.4 Å². The van der Waals surface area contributed by atoms with Gasteiger partial charge in [-0.05, 0) is 6.42 Å². The van der Waals surface area contributed by atoms with Crippen molar-refractivity contribution in [3.8, 4) is 11.3 Å². The van der Waals surface area contributed by atoms with E-state index in [1.54, 1.807) is 0 Å². The number of halogens is 1. The normalized spacial score (nSPS) is 10.8. The highest BCUT2D eigenvalue weighted by molar-refractivity contribution is 6.33. The van der Waals surface area contributed by atoms with Crippen LogP contribution in [0.25, 0.3) is 11.3 Å². The van der Waals surface area contributed by atoms with Crippen LogP contribution in [0, 0.1) is 0 Å². The van der Waals surface area contributed by atoms with Gasteiger partial charge in [-0.1, -0.05) is 73.3 Å². The quantitative estimate of drug-likeness (QED) is 0.676. The largest absolute Gasteiger partial charge is 0.359 e. The monoisotopic (exact) mass is 263 g/mol. The summed E-state index contributed by atoms with van der Waals surface area (Å²) in [6.07, 6.45) is 5.69. The van der Waals surface area contributed by atoms with E-state index in [-0.39, 0.29) is 0 Å². The summed E-state index contributed by atoms with van der Waals surface area (Å²) in [5.74, 6) is 0.812. The van der Waals surface area contributed by atoms with Gasteiger partial charge in [0.25, 0.3) is 0 Å². The van der Waals surface area contributed by atoms with Gasteiger partial charge in [-0.25, -0.2) is 0 Å². The van der Waals surface area contributed by atoms with Gasteiger partial charge < -0.3 is 4.52 Å². The first kappa shape index (κ1) is 13.2. The predicted molar refractivity (Wildman–Crippen MR) is 74.8 cm³/mol. The van der Waals surface area contributed by atoms with Gasteiger partial charge in [0.1, 0.15) is 10.7 Å². The number of unbranched alkanes of at least 4 members (excludes halogenated alkanes) is 3. The van der Waals surface area contributed by atoms with Gasteiger partial charge >= 0.3 is 0 Å². The molecule has 0 aliphatic heterocycles. The maximum Gasteiger partial charge on any atom is 0.155 e. The third-order valence-corrected chi connectivity index (χ3v) is 3.39. The Hall–Kier alpha value is -1.28. The molecule has 0 fully saturated rings. The maximum absolute atomic E-state index is 6.32. The first-order valence-electron chi connectivity index (χ1n) is 6.52. The molecule has 96 valence electrons. The number of aryl methyl sites for hydroxylation is 1. The third-order valence-electron chi connectivity index (χ3n) is 3.00. The highest BCUT2D eigenvalue weighted by atomic mass is 35.5. The topological polar surface area (TPSA) is 26.0 Å². The average molecular weight is 264 g/mol. The summed E-state index contributed by atoms with van der Waals surface area (Å²) >= 11 is 6.32. The van der Waals surface area contributed by atoms with Gasteiger partial charge in [-0.15, -0.1) is 0 Å². The van der Waals surface area contributed by atoms with E-state index in [0.29, 0.717) is 5.02 Å². The summed E-state index contributed by atoms with van der Waals surface area (Å²) < 4.78 is 5.35. The second kappa shape index (κ2) is 6.60. The molecular weight excluding hydrogens is 246 g/mol. The molecule has 0 saturated heterocycles. The second-order valence-corrected chi connectivity index (χ2v) is 4.82. The molecule has 0 saturated carbocycles. The van der Waals surface area contributed by atoms with E-state index in [2.05, 4.69) is 12.1 Å². The number of nitrogens with zero attached hydrogens (tertiary/aromatic N) is 1. The van der Waals surface area contributed by atoms with Crippen molar-refractivity contribution in [3.63, 3.8) is 0 Å². The summed E-state index contributed by atoms with van der Waals surface area (Å²) in [5, 5.41) is 4.74. The number of aromatic nitrogens is 1. The molecule has 0 spiro atoms. The lowest BCUT2D eigenvalue weighted by Crippen LogP contribution is -1.84. The van der Waals surface area contributed by atoms with Crippen LogP contribution in [0.3, 0.4) is 0 Å². The fourth-order valence-electron chi connectivity index (χ4n) is 1.96. The van der Waals surface area contributed by atoms with E-state index >= 15 is 0 Å². The minimum absolute atomic E-state index is 0.665. The van der Waals surface area contributed by atoms with Gasteiger partial charge in [0.05, 0.1) is 0 Å². The summed E-state index contributed by atoms with van der Waals surface area (Å²) in [5.41, 5.74) is 1.76. The van der Waals surface area contributed by atoms with Gasteiger partial charge in [-0.3, -0.25) is 0 Å². The second-order valence-electron chi connectivity index (χ2n) is 4.45. The number of hydrogen-bond donors (Lipinski definition) is 0. The van der Waals surface area contributed by atoms with Gasteiger partial charge in [0.2, 0.25) is 0 Å². The Bertz CT molecular complexity index is 478. The molecule has 1 heterocycles. The summed E-state index contributed by atoms with van der Waals surface area (Å²) in [6, 6.07) is 9.90. The first-order valence-corrected chi connectivity index (χ1v) is 6.90. The van der Waals surface area contributed by atoms with Crippen molar-refractivity contribution >= 4 is 11.6 Å². The van der Waals surface area contributed by atoms with Crippen LogP contribution in [0.2, 0.25) is 5.02 Å². The molecule has 0 aliphatic carbocycles. The van der Waals surface area contributed by atoms with E-state index in [1.165, 1.54) is 19.3 Å². The van der Waals surface area contributed by atoms with Crippen LogP contribution in [0.15, 0.2) is 34.9 Å². The lowest BCUT2D eigenvalue weighted by atomic mass is 10.1. The van der Waals surface area contributed by atoms with E-state index in [1.807, 2.05) is 30.3 Å². The van der Waals surface area contributed by atoms with E-state index < -0.39 is 0 Å². The minimum Gasteiger partial charge on any atom is -0.359 e. The van der Waals surface area contributed by atoms with Gasteiger partial charge in [0, 0.05) is 12.0 Å². The highest BCUT2D eigenvalue weighted by Gasteiger charge is 2.14. The molecule has 0 amide bonds. The van der Waals surface area contributed by atoms with Crippen molar-refractivity contribution in [1.82, 2.24) is 5.16 Å². The minimum atomic E-state index is 0.665. The average Bonchev–Trinajstić information content (AvgIpc) is 2.77. The van der Waals surface area contributed by atoms with Crippen molar-refractivity contribution in [3.05, 3.63) is 41.1 Å². The van der Waals surface area contributed by atoms with Crippen LogP contribution in [0.4, 0.5) is 0 Å². The number of rotatable bonds is 6. The lowest BCUT2D eigenvalue weighted by Gasteiger charge is -1.97. The van der Waals surface area contributed by atoms with E-state index in [4.69, 9.17) is 16.1 Å². The van der Waals surface area contributed by atoms with E-state index in [0.717, 1.165) is 29.9 Å². The highest BCUT2D eigenvalue weighted by Crippen LogP contribution is 2.30. The molecule has 0 N–H and O–H groups in total. The molecule has 0 bridgehead atoms. The molecule has 3 heteroatoms. The Balaban J connectivity index is 2.05. The zero-order chi connectivity index (χ0) is 12.8. The fourth-order valence-corrected chi connectivity index (χ4v) is 2.23. The molecular formula is C15H18ClNO. The number of hydrogen-bond acceptors (Lipinski definition) is 2. The molecule has 0 atom stereocenters. The van der Waals surface area contributed by atoms with Gasteiger partial charge in [0.15, 0.2) is 5.76 Å². The Labute approximate surface area is 113 Å². The number of benzene rings is 1. The predicted octanol–water partition coefficient (Wildman–Crippen LogP) is 5.12. The molecule has 0 unspecified atom stereocenters. The summed E-state index contributed by atoms with van der Waals surface area (Å²) in [7, 11) is 0. The molecule has 0 radical (unpaired) electrons. The SMILES string of the molecule is CCCCCCc1onc(-c2ccccc2)c1Cl. The Morgan fingerprint density at radius 3 is 2.61 bits per heavy atom. The Morgan fingerprint density at radius 2 is 1.89 bits per heavy atom. The van der Waals surface area contributed by atoms with Crippen LogP contribution in [0.5, 0.6) is 0 Å². The van der Waals surface area contributed by atoms with Crippen LogP contribution in [-0.2, 0) is 6.42 Å². The standard InChI is InChI=1S/C15H18ClNO/c1-2-3-4-8-11-13-14(16)15(17-18-13)12-9-6-5-7-10-12/h5-7,9-10H,2-4,8,11H2,1H3. The van der Waals surface area contributed by atoms with Crippen molar-refractivity contribution in [2.75, 3.05) is 0 Å². The van der Waals surface area contributed by atoms with Gasteiger partial charge in [-0.2, -0.15) is 0 Å². The smallest absolute Gasteiger partial charge is 0.155 e. The zero-order valence-electron chi connectivity index (χ0n) is 10.7. The van der Waals surface area contributed by atoms with Crippen molar-refractivity contribution in [2.24, 2.45) is 0 Å². The molecule has 1 aromatic carbocycles. The Kier molecular flexibility index (Phi) is 4.82. The molecule has 2 aromatic rings. The zero-order valence-corrected chi connectivity index (χ0v) is 11.4. The molecule has 2 rings (SSSR count). The molecule has 18 heavy (non-hydrogen) atoms. The first-order chi connectivity index (χ1) is 8.83. The maximum atomic E-state index is 6.32. The molecule has 1 aromatic heterocycles. The van der Waals surface area contributed by atoms with Crippen molar-refractivity contribution in [1.29, 1.82) is 0 Å². The summed E-state index contributed by atoms with van der Waals surface area (Å²) in [4.78, 5) is 0. The lowest BCUT2D eigenvalue weighted by molar-refractivity contribution is 0.381. The molecule has 2 nitrogen and oxygen atoms in total. The fraction of sp³-hybridized carbons (Fsp3) is 0.400. The van der Waals surface area contributed by atoms with Crippen LogP contribution >= 0.6 is 11.6 Å². The third kappa shape index (κ3) is 3.14. The van der Waals surface area contributed by atoms with E-state index in [9.17, 15) is 0 Å².